The average molecular weight is 298 g/mol. The van der Waals surface area contributed by atoms with E-state index in [0.29, 0.717) is 23.4 Å². The van der Waals surface area contributed by atoms with Crippen molar-refractivity contribution >= 4 is 17.6 Å². The topological polar surface area (TPSA) is 58.6 Å². The van der Waals surface area contributed by atoms with Crippen LogP contribution in [0, 0.1) is 0 Å². The second kappa shape index (κ2) is 7.50. The van der Waals surface area contributed by atoms with Gasteiger partial charge in [-0.2, -0.15) is 0 Å². The van der Waals surface area contributed by atoms with Gasteiger partial charge in [0, 0.05) is 23.2 Å². The van der Waals surface area contributed by atoms with Crippen LogP contribution < -0.4 is 10.1 Å². The number of aliphatic carboxylic acids is 1. The molecule has 0 saturated heterocycles. The number of hydrogen-bond acceptors (Lipinski definition) is 3. The zero-order valence-corrected chi connectivity index (χ0v) is 12.2. The number of halogens is 1. The summed E-state index contributed by atoms with van der Waals surface area (Å²) in [5, 5.41) is 12.8. The quantitative estimate of drug-likeness (QED) is 0.846. The summed E-state index contributed by atoms with van der Waals surface area (Å²) in [6, 6.07) is 5.80. The first-order valence-electron chi connectivity index (χ1n) is 7.01. The summed E-state index contributed by atoms with van der Waals surface area (Å²) in [7, 11) is 0. The summed E-state index contributed by atoms with van der Waals surface area (Å²) >= 11 is 6.00. The molecule has 0 spiro atoms. The van der Waals surface area contributed by atoms with E-state index >= 15 is 0 Å². The molecule has 0 aliphatic heterocycles. The van der Waals surface area contributed by atoms with Crippen molar-refractivity contribution in [3.05, 3.63) is 28.8 Å². The highest BCUT2D eigenvalue weighted by atomic mass is 35.5. The molecule has 4 nitrogen and oxygen atoms in total. The van der Waals surface area contributed by atoms with E-state index in [-0.39, 0.29) is 6.61 Å². The molecule has 1 aliphatic carbocycles. The van der Waals surface area contributed by atoms with E-state index in [4.69, 9.17) is 21.4 Å². The Hall–Kier alpha value is -1.26. The Balaban J connectivity index is 1.96. The number of rotatable bonds is 6. The minimum atomic E-state index is -0.980. The molecule has 2 rings (SSSR count). The van der Waals surface area contributed by atoms with Gasteiger partial charge >= 0.3 is 5.97 Å². The lowest BCUT2D eigenvalue weighted by molar-refractivity contribution is -0.139. The van der Waals surface area contributed by atoms with Crippen molar-refractivity contribution in [2.45, 2.75) is 44.7 Å². The van der Waals surface area contributed by atoms with Gasteiger partial charge in [-0.1, -0.05) is 30.9 Å². The third-order valence-electron chi connectivity index (χ3n) is 3.56. The molecule has 0 bridgehead atoms. The Bertz CT molecular complexity index is 458. The Morgan fingerprint density at radius 2 is 2.10 bits per heavy atom. The van der Waals surface area contributed by atoms with Crippen molar-refractivity contribution in [3.63, 3.8) is 0 Å². The van der Waals surface area contributed by atoms with E-state index in [1.807, 2.05) is 6.07 Å². The van der Waals surface area contributed by atoms with Crippen molar-refractivity contribution in [1.29, 1.82) is 0 Å². The van der Waals surface area contributed by atoms with Crippen LogP contribution in [0.2, 0.25) is 5.02 Å². The van der Waals surface area contributed by atoms with Crippen LogP contribution in [0.25, 0.3) is 0 Å². The monoisotopic (exact) mass is 297 g/mol. The lowest BCUT2D eigenvalue weighted by Crippen LogP contribution is -2.30. The molecule has 20 heavy (non-hydrogen) atoms. The van der Waals surface area contributed by atoms with Gasteiger partial charge < -0.3 is 15.2 Å². The van der Waals surface area contributed by atoms with Gasteiger partial charge in [0.1, 0.15) is 5.75 Å². The maximum atomic E-state index is 10.6. The Kier molecular flexibility index (Phi) is 5.68. The van der Waals surface area contributed by atoms with Crippen LogP contribution in [-0.4, -0.2) is 23.7 Å². The number of carboxylic acids is 1. The molecule has 1 aromatic rings. The van der Waals surface area contributed by atoms with E-state index in [9.17, 15) is 4.79 Å². The highest BCUT2D eigenvalue weighted by Gasteiger charge is 2.14. The molecule has 0 amide bonds. The Labute approximate surface area is 124 Å². The largest absolute Gasteiger partial charge is 0.482 e. The van der Waals surface area contributed by atoms with Gasteiger partial charge in [0.25, 0.3) is 0 Å². The molecule has 1 saturated carbocycles. The first kappa shape index (κ1) is 15.1. The van der Waals surface area contributed by atoms with Crippen LogP contribution in [0.1, 0.15) is 37.7 Å². The smallest absolute Gasteiger partial charge is 0.341 e. The van der Waals surface area contributed by atoms with E-state index in [2.05, 4.69) is 5.32 Å². The number of benzene rings is 1. The summed E-state index contributed by atoms with van der Waals surface area (Å²) in [5.41, 5.74) is 0.907. The molecular weight excluding hydrogens is 278 g/mol. The third kappa shape index (κ3) is 4.69. The van der Waals surface area contributed by atoms with Gasteiger partial charge in [0.2, 0.25) is 0 Å². The average Bonchev–Trinajstić information content (AvgIpc) is 2.45. The Morgan fingerprint density at radius 3 is 2.80 bits per heavy atom. The maximum Gasteiger partial charge on any atom is 0.341 e. The maximum absolute atomic E-state index is 10.6. The molecule has 0 heterocycles. The van der Waals surface area contributed by atoms with Gasteiger partial charge in [-0.15, -0.1) is 0 Å². The molecule has 0 atom stereocenters. The van der Waals surface area contributed by atoms with Crippen LogP contribution in [0.15, 0.2) is 18.2 Å². The molecule has 1 aliphatic rings. The second-order valence-corrected chi connectivity index (χ2v) is 5.59. The molecule has 0 radical (unpaired) electrons. The zero-order valence-electron chi connectivity index (χ0n) is 11.4. The number of carboxylic acid groups (broad SMARTS) is 1. The summed E-state index contributed by atoms with van der Waals surface area (Å²) in [6.45, 7) is 0.318. The van der Waals surface area contributed by atoms with Crippen LogP contribution in [-0.2, 0) is 11.3 Å². The van der Waals surface area contributed by atoms with Crippen LogP contribution in [0.4, 0.5) is 0 Å². The second-order valence-electron chi connectivity index (χ2n) is 5.15. The molecule has 1 aromatic carbocycles. The first-order chi connectivity index (χ1) is 9.65. The molecule has 1 fully saturated rings. The highest BCUT2D eigenvalue weighted by Crippen LogP contribution is 2.24. The van der Waals surface area contributed by atoms with Gasteiger partial charge in [0.15, 0.2) is 6.61 Å². The summed E-state index contributed by atoms with van der Waals surface area (Å²) in [4.78, 5) is 10.6. The first-order valence-corrected chi connectivity index (χ1v) is 7.39. The SMILES string of the molecule is O=C(O)COc1ccc(Cl)cc1CNC1CCCCC1. The lowest BCUT2D eigenvalue weighted by Gasteiger charge is -2.23. The van der Waals surface area contributed by atoms with Gasteiger partial charge in [-0.25, -0.2) is 4.79 Å². The third-order valence-corrected chi connectivity index (χ3v) is 3.80. The van der Waals surface area contributed by atoms with Gasteiger partial charge in [0.05, 0.1) is 0 Å². The molecule has 0 unspecified atom stereocenters. The molecule has 0 aromatic heterocycles. The minimum absolute atomic E-state index is 0.335. The van der Waals surface area contributed by atoms with E-state index in [0.717, 1.165) is 5.56 Å². The number of nitrogens with one attached hydrogen (secondary N) is 1. The summed E-state index contributed by atoms with van der Waals surface area (Å²) in [5.74, 6) is -0.397. The van der Waals surface area contributed by atoms with E-state index < -0.39 is 5.97 Å². The number of ether oxygens (including phenoxy) is 1. The highest BCUT2D eigenvalue weighted by molar-refractivity contribution is 6.30. The standard InChI is InChI=1S/C15H20ClNO3/c16-12-6-7-14(20-10-15(18)19)11(8-12)9-17-13-4-2-1-3-5-13/h6-8,13,17H,1-5,9-10H2,(H,18,19). The van der Waals surface area contributed by atoms with Gasteiger partial charge in [-0.05, 0) is 31.0 Å². The summed E-state index contributed by atoms with van der Waals surface area (Å²) in [6.07, 6.45) is 6.27. The van der Waals surface area contributed by atoms with Crippen molar-refractivity contribution in [2.24, 2.45) is 0 Å². The Morgan fingerprint density at radius 1 is 1.35 bits per heavy atom. The lowest BCUT2D eigenvalue weighted by atomic mass is 9.95. The van der Waals surface area contributed by atoms with Crippen LogP contribution in [0.5, 0.6) is 5.75 Å². The van der Waals surface area contributed by atoms with Crippen molar-refractivity contribution in [3.8, 4) is 5.75 Å². The predicted molar refractivity (Wildman–Crippen MR) is 78.3 cm³/mol. The number of carbonyl (C=O) groups is 1. The predicted octanol–water partition coefficient (Wildman–Crippen LogP) is 3.23. The minimum Gasteiger partial charge on any atom is -0.482 e. The summed E-state index contributed by atoms with van der Waals surface area (Å²) < 4.78 is 5.30. The van der Waals surface area contributed by atoms with Crippen LogP contribution >= 0.6 is 11.6 Å². The van der Waals surface area contributed by atoms with Crippen molar-refractivity contribution in [1.82, 2.24) is 5.32 Å². The van der Waals surface area contributed by atoms with Gasteiger partial charge in [-0.3, -0.25) is 0 Å². The zero-order chi connectivity index (χ0) is 14.4. The molecule has 110 valence electrons. The van der Waals surface area contributed by atoms with E-state index in [1.54, 1.807) is 12.1 Å². The molecule has 5 heteroatoms. The molecule has 2 N–H and O–H groups in total. The van der Waals surface area contributed by atoms with Crippen molar-refractivity contribution < 1.29 is 14.6 Å². The number of hydrogen-bond donors (Lipinski definition) is 2. The molecular formula is C15H20ClNO3. The normalized spacial score (nSPS) is 16.1. The van der Waals surface area contributed by atoms with Crippen LogP contribution in [0.3, 0.4) is 0 Å². The fourth-order valence-electron chi connectivity index (χ4n) is 2.53. The fraction of sp³-hybridized carbons (Fsp3) is 0.533. The van der Waals surface area contributed by atoms with E-state index in [1.165, 1.54) is 32.1 Å². The fourth-order valence-corrected chi connectivity index (χ4v) is 2.72. The van der Waals surface area contributed by atoms with Crippen molar-refractivity contribution in [2.75, 3.05) is 6.61 Å².